The van der Waals surface area contributed by atoms with Crippen molar-refractivity contribution in [3.63, 3.8) is 0 Å². The van der Waals surface area contributed by atoms with Gasteiger partial charge in [0.15, 0.2) is 0 Å². The molecule has 0 atom stereocenters. The van der Waals surface area contributed by atoms with Gasteiger partial charge < -0.3 is 0 Å². The number of unbranched alkanes of at least 4 members (excludes halogenated alkanes) is 6. The second kappa shape index (κ2) is 17.6. The van der Waals surface area contributed by atoms with Gasteiger partial charge in [0.1, 0.15) is 11.6 Å². The van der Waals surface area contributed by atoms with Crippen LogP contribution in [0.3, 0.4) is 0 Å². The van der Waals surface area contributed by atoms with Crippen LogP contribution in [-0.4, -0.2) is 9.97 Å². The number of fused-ring (bicyclic) bond motifs is 4. The van der Waals surface area contributed by atoms with Gasteiger partial charge in [-0.25, -0.2) is 18.7 Å². The third kappa shape index (κ3) is 8.01. The first kappa shape index (κ1) is 41.1. The summed E-state index contributed by atoms with van der Waals surface area (Å²) < 4.78 is 28.5. The molecule has 0 fully saturated rings. The van der Waals surface area contributed by atoms with E-state index in [0.717, 1.165) is 43.0 Å². The van der Waals surface area contributed by atoms with E-state index < -0.39 is 0 Å². The molecule has 0 radical (unpaired) electrons. The zero-order valence-corrected chi connectivity index (χ0v) is 37.2. The molecule has 0 unspecified atom stereocenters. The predicted octanol–water partition coefficient (Wildman–Crippen LogP) is 17.2. The van der Waals surface area contributed by atoms with E-state index in [1.807, 2.05) is 0 Å². The van der Waals surface area contributed by atoms with Gasteiger partial charge in [0.2, 0.25) is 0 Å². The number of aromatic nitrogens is 2. The fourth-order valence-corrected chi connectivity index (χ4v) is 11.4. The fourth-order valence-electron chi connectivity index (χ4n) is 9.50. The molecule has 0 saturated heterocycles. The summed E-state index contributed by atoms with van der Waals surface area (Å²) in [5, 5.41) is 0. The Bertz CT molecular complexity index is 2820. The Morgan fingerprint density at radius 2 is 0.934 bits per heavy atom. The molecule has 0 aliphatic heterocycles. The lowest BCUT2D eigenvalue weighted by atomic mass is 9.70. The Balaban J connectivity index is 1.19. The van der Waals surface area contributed by atoms with Crippen LogP contribution in [-0.2, 0) is 5.41 Å². The summed E-state index contributed by atoms with van der Waals surface area (Å²) in [5.41, 5.74) is 14.7. The van der Waals surface area contributed by atoms with Crippen molar-refractivity contribution >= 4 is 33.7 Å². The molecule has 1 aliphatic carbocycles. The highest BCUT2D eigenvalue weighted by atomic mass is 32.1. The minimum atomic E-state index is -0.321. The Kier molecular flexibility index (Phi) is 11.8. The van der Waals surface area contributed by atoms with Crippen molar-refractivity contribution in [2.45, 2.75) is 97.3 Å². The van der Waals surface area contributed by atoms with Gasteiger partial charge in [-0.1, -0.05) is 113 Å². The third-order valence-electron chi connectivity index (χ3n) is 12.7. The average Bonchev–Trinajstić information content (AvgIpc) is 4.01. The number of rotatable bonds is 15. The molecule has 9 rings (SSSR count). The van der Waals surface area contributed by atoms with E-state index in [9.17, 15) is 8.78 Å². The molecule has 5 aromatic carbocycles. The Morgan fingerprint density at radius 3 is 1.48 bits per heavy atom. The number of halogens is 2. The van der Waals surface area contributed by atoms with Crippen LogP contribution in [0, 0.1) is 25.5 Å². The molecular weight excluding hydrogens is 791 g/mol. The zero-order chi connectivity index (χ0) is 42.1. The maximum Gasteiger partial charge on any atom is 0.123 e. The van der Waals surface area contributed by atoms with Crippen molar-refractivity contribution in [1.82, 2.24) is 9.97 Å². The molecule has 0 spiro atoms. The molecule has 61 heavy (non-hydrogen) atoms. The summed E-state index contributed by atoms with van der Waals surface area (Å²) >= 11 is 3.52. The summed E-state index contributed by atoms with van der Waals surface area (Å²) in [6.45, 7) is 8.96. The molecule has 0 saturated carbocycles. The van der Waals surface area contributed by atoms with E-state index >= 15 is 0 Å². The SMILES string of the molecule is CCCCCCC1(CCCCCC)c2cc(C)ccc2-c2ccc(-c3ccc(-c4ccc(-c5ccc(C)s5)c5nc(-c6ccc(F)cc6)c(-c6ccc(F)cc6)nc45)s3)cc21. The standard InChI is InChI=1S/C55H52F2N2S2/c1-5-7-9-11-31-55(32-12-10-8-6-2)46-33-35(3)13-24-42(46)43-25-19-39(34-47(43)55)48-29-30-50(61-48)45-27-26-44(49-28-14-36(4)60-49)53-54(45)59-52(38-17-22-41(57)23-18-38)51(58-53)37-15-20-40(56)21-16-37/h13-30,33-34H,5-12,31-32H2,1-4H3. The van der Waals surface area contributed by atoms with Crippen LogP contribution in [0.1, 0.15) is 99.6 Å². The van der Waals surface area contributed by atoms with Crippen molar-refractivity contribution in [3.8, 4) is 65.0 Å². The molecule has 0 N–H and O–H groups in total. The Labute approximate surface area is 367 Å². The minimum Gasteiger partial charge on any atom is -0.243 e. The molecule has 1 aliphatic rings. The maximum atomic E-state index is 14.3. The largest absolute Gasteiger partial charge is 0.243 e. The van der Waals surface area contributed by atoms with E-state index in [-0.39, 0.29) is 17.0 Å². The second-order valence-electron chi connectivity index (χ2n) is 16.9. The average molecular weight is 843 g/mol. The van der Waals surface area contributed by atoms with Gasteiger partial charge in [0, 0.05) is 47.2 Å². The quantitative estimate of drug-likeness (QED) is 0.0961. The predicted molar refractivity (Wildman–Crippen MR) is 256 cm³/mol. The van der Waals surface area contributed by atoms with E-state index in [2.05, 4.69) is 100 Å². The molecular formula is C55H52F2N2S2. The van der Waals surface area contributed by atoms with Crippen molar-refractivity contribution in [3.05, 3.63) is 155 Å². The fraction of sp³-hybridized carbons (Fsp3) is 0.273. The van der Waals surface area contributed by atoms with E-state index in [1.54, 1.807) is 46.9 Å². The first-order valence-corrected chi connectivity index (χ1v) is 23.7. The number of hydrogen-bond donors (Lipinski definition) is 0. The molecule has 6 heteroatoms. The third-order valence-corrected chi connectivity index (χ3v) is 14.9. The highest BCUT2D eigenvalue weighted by Crippen LogP contribution is 2.56. The van der Waals surface area contributed by atoms with Crippen LogP contribution in [0.5, 0.6) is 0 Å². The van der Waals surface area contributed by atoms with Gasteiger partial charge in [-0.2, -0.15) is 0 Å². The van der Waals surface area contributed by atoms with E-state index in [0.29, 0.717) is 11.4 Å². The van der Waals surface area contributed by atoms with E-state index in [1.165, 1.54) is 132 Å². The van der Waals surface area contributed by atoms with Crippen molar-refractivity contribution < 1.29 is 8.78 Å². The van der Waals surface area contributed by atoms with Gasteiger partial charge in [0.05, 0.1) is 22.4 Å². The number of nitrogens with zero attached hydrogens (tertiary/aromatic N) is 2. The first-order valence-electron chi connectivity index (χ1n) is 22.1. The molecule has 0 amide bonds. The van der Waals surface area contributed by atoms with E-state index in [4.69, 9.17) is 9.97 Å². The lowest BCUT2D eigenvalue weighted by Crippen LogP contribution is -2.25. The van der Waals surface area contributed by atoms with Crippen molar-refractivity contribution in [1.29, 1.82) is 0 Å². The highest BCUT2D eigenvalue weighted by Gasteiger charge is 2.42. The van der Waals surface area contributed by atoms with Gasteiger partial charge in [-0.15, -0.1) is 22.7 Å². The second-order valence-corrected chi connectivity index (χ2v) is 19.3. The zero-order valence-electron chi connectivity index (χ0n) is 35.6. The summed E-state index contributed by atoms with van der Waals surface area (Å²) in [4.78, 5) is 15.5. The van der Waals surface area contributed by atoms with Crippen LogP contribution >= 0.6 is 22.7 Å². The van der Waals surface area contributed by atoms with Crippen LogP contribution in [0.25, 0.3) is 76.0 Å². The number of benzene rings is 5. The maximum absolute atomic E-state index is 14.3. The molecule has 2 nitrogen and oxygen atoms in total. The minimum absolute atomic E-state index is 0.00895. The lowest BCUT2D eigenvalue weighted by Gasteiger charge is -2.33. The van der Waals surface area contributed by atoms with Crippen LogP contribution < -0.4 is 0 Å². The van der Waals surface area contributed by atoms with Gasteiger partial charge in [-0.3, -0.25) is 0 Å². The topological polar surface area (TPSA) is 25.8 Å². The first-order chi connectivity index (χ1) is 29.8. The van der Waals surface area contributed by atoms with Crippen molar-refractivity contribution in [2.24, 2.45) is 0 Å². The monoisotopic (exact) mass is 842 g/mol. The summed E-state index contributed by atoms with van der Waals surface area (Å²) in [6, 6.07) is 40.3. The molecule has 308 valence electrons. The van der Waals surface area contributed by atoms with Gasteiger partial charge >= 0.3 is 0 Å². The molecule has 8 aromatic rings. The van der Waals surface area contributed by atoms with Gasteiger partial charge in [-0.05, 0) is 133 Å². The lowest BCUT2D eigenvalue weighted by molar-refractivity contribution is 0.401. The summed E-state index contributed by atoms with van der Waals surface area (Å²) in [7, 11) is 0. The summed E-state index contributed by atoms with van der Waals surface area (Å²) in [6.07, 6.45) is 12.4. The number of thiophene rings is 2. The van der Waals surface area contributed by atoms with Crippen molar-refractivity contribution in [2.75, 3.05) is 0 Å². The molecule has 0 bridgehead atoms. The van der Waals surface area contributed by atoms with Crippen LogP contribution in [0.15, 0.2) is 121 Å². The highest BCUT2D eigenvalue weighted by molar-refractivity contribution is 7.19. The summed E-state index contributed by atoms with van der Waals surface area (Å²) in [5.74, 6) is -0.641. The normalized spacial score (nSPS) is 12.9. The molecule has 3 heterocycles. The number of hydrogen-bond acceptors (Lipinski definition) is 4. The Morgan fingerprint density at radius 1 is 0.459 bits per heavy atom. The van der Waals surface area contributed by atoms with Crippen LogP contribution in [0.2, 0.25) is 0 Å². The Hall–Kier alpha value is -5.30. The number of aryl methyl sites for hydroxylation is 2. The van der Waals surface area contributed by atoms with Gasteiger partial charge in [0.25, 0.3) is 0 Å². The van der Waals surface area contributed by atoms with Crippen LogP contribution in [0.4, 0.5) is 8.78 Å². The smallest absolute Gasteiger partial charge is 0.123 e. The molecule has 3 aromatic heterocycles.